The number of nitrogens with one attached hydrogen (secondary N) is 1. The summed E-state index contributed by atoms with van der Waals surface area (Å²) < 4.78 is 0. The van der Waals surface area contributed by atoms with E-state index in [0.29, 0.717) is 13.0 Å². The van der Waals surface area contributed by atoms with Crippen LogP contribution in [-0.2, 0) is 4.79 Å². The molecule has 0 heterocycles. The summed E-state index contributed by atoms with van der Waals surface area (Å²) in [7, 11) is 0. The maximum atomic E-state index is 10.9. The van der Waals surface area contributed by atoms with Gasteiger partial charge in [0.25, 0.3) is 0 Å². The van der Waals surface area contributed by atoms with E-state index in [1.54, 1.807) is 0 Å². The molecule has 1 amide bonds. The first kappa shape index (κ1) is 12.8. The second-order valence-corrected chi connectivity index (χ2v) is 5.14. The van der Waals surface area contributed by atoms with Crippen molar-refractivity contribution in [3.05, 3.63) is 0 Å². The molecular weight excluding hydrogens is 186 g/mol. The summed E-state index contributed by atoms with van der Waals surface area (Å²) in [5.74, 6) is 0.0690. The Labute approximate surface area is 86.0 Å². The number of alkyl halides is 1. The van der Waals surface area contributed by atoms with Crippen molar-refractivity contribution in [1.29, 1.82) is 0 Å². The number of carbonyl (C=O) groups is 1. The molecule has 0 saturated heterocycles. The lowest BCUT2D eigenvalue weighted by molar-refractivity contribution is -0.120. The highest BCUT2D eigenvalue weighted by atomic mass is 35.5. The molecule has 0 aromatic carbocycles. The number of halogens is 1. The van der Waals surface area contributed by atoms with Gasteiger partial charge < -0.3 is 5.32 Å². The monoisotopic (exact) mass is 205 g/mol. The highest BCUT2D eigenvalue weighted by Gasteiger charge is 2.16. The predicted molar refractivity (Wildman–Crippen MR) is 57.0 cm³/mol. The third kappa shape index (κ3) is 8.10. The van der Waals surface area contributed by atoms with Crippen LogP contribution in [0.5, 0.6) is 0 Å². The molecule has 0 bridgehead atoms. The topological polar surface area (TPSA) is 29.1 Å². The molecule has 0 saturated carbocycles. The SMILES string of the molecule is CCC(=O)NCC(Cl)CC(C)(C)C. The van der Waals surface area contributed by atoms with Crippen LogP contribution < -0.4 is 5.32 Å². The minimum Gasteiger partial charge on any atom is -0.355 e. The number of hydrogen-bond donors (Lipinski definition) is 1. The minimum atomic E-state index is 0.0375. The molecule has 3 heteroatoms. The third-order valence-electron chi connectivity index (χ3n) is 1.68. The lowest BCUT2D eigenvalue weighted by Crippen LogP contribution is -2.31. The van der Waals surface area contributed by atoms with Gasteiger partial charge in [0.15, 0.2) is 0 Å². The maximum absolute atomic E-state index is 10.9. The van der Waals surface area contributed by atoms with Crippen LogP contribution in [0.2, 0.25) is 0 Å². The van der Waals surface area contributed by atoms with Gasteiger partial charge in [-0.25, -0.2) is 0 Å². The molecular formula is C10H20ClNO. The van der Waals surface area contributed by atoms with Crippen molar-refractivity contribution in [2.75, 3.05) is 6.54 Å². The van der Waals surface area contributed by atoms with Crippen molar-refractivity contribution in [2.45, 2.75) is 45.9 Å². The number of amides is 1. The van der Waals surface area contributed by atoms with E-state index in [1.807, 2.05) is 6.92 Å². The highest BCUT2D eigenvalue weighted by Crippen LogP contribution is 2.23. The van der Waals surface area contributed by atoms with Crippen LogP contribution >= 0.6 is 11.6 Å². The fourth-order valence-electron chi connectivity index (χ4n) is 1.09. The number of hydrogen-bond acceptors (Lipinski definition) is 1. The van der Waals surface area contributed by atoms with Crippen LogP contribution in [0.4, 0.5) is 0 Å². The van der Waals surface area contributed by atoms with Gasteiger partial charge in [0.05, 0.1) is 5.38 Å². The molecule has 0 aromatic rings. The predicted octanol–water partition coefficient (Wildman–Crippen LogP) is 2.56. The molecule has 0 aliphatic rings. The number of carbonyl (C=O) groups excluding carboxylic acids is 1. The van der Waals surface area contributed by atoms with Gasteiger partial charge in [-0.05, 0) is 11.8 Å². The fourth-order valence-corrected chi connectivity index (χ4v) is 1.63. The van der Waals surface area contributed by atoms with Crippen molar-refractivity contribution in [1.82, 2.24) is 5.32 Å². The zero-order valence-corrected chi connectivity index (χ0v) is 9.74. The average molecular weight is 206 g/mol. The van der Waals surface area contributed by atoms with Crippen molar-refractivity contribution >= 4 is 17.5 Å². The zero-order valence-electron chi connectivity index (χ0n) is 8.98. The minimum absolute atomic E-state index is 0.0375. The van der Waals surface area contributed by atoms with E-state index in [0.717, 1.165) is 6.42 Å². The average Bonchev–Trinajstić information content (AvgIpc) is 1.97. The van der Waals surface area contributed by atoms with Gasteiger partial charge in [-0.2, -0.15) is 0 Å². The van der Waals surface area contributed by atoms with E-state index >= 15 is 0 Å². The Morgan fingerprint density at radius 1 is 1.46 bits per heavy atom. The third-order valence-corrected chi connectivity index (χ3v) is 1.98. The summed E-state index contributed by atoms with van der Waals surface area (Å²) in [6.07, 6.45) is 1.44. The van der Waals surface area contributed by atoms with E-state index in [9.17, 15) is 4.79 Å². The number of rotatable bonds is 4. The summed E-state index contributed by atoms with van der Waals surface area (Å²) in [6, 6.07) is 0. The van der Waals surface area contributed by atoms with Crippen LogP contribution in [0, 0.1) is 5.41 Å². The molecule has 0 fully saturated rings. The van der Waals surface area contributed by atoms with E-state index in [4.69, 9.17) is 11.6 Å². The molecule has 0 spiro atoms. The summed E-state index contributed by atoms with van der Waals surface area (Å²) in [6.45, 7) is 8.84. The normalized spacial score (nSPS) is 13.9. The highest BCUT2D eigenvalue weighted by molar-refractivity contribution is 6.20. The molecule has 0 aliphatic carbocycles. The van der Waals surface area contributed by atoms with Gasteiger partial charge in [0, 0.05) is 13.0 Å². The fraction of sp³-hybridized carbons (Fsp3) is 0.900. The quantitative estimate of drug-likeness (QED) is 0.703. The largest absolute Gasteiger partial charge is 0.355 e. The van der Waals surface area contributed by atoms with Gasteiger partial charge in [-0.15, -0.1) is 11.6 Å². The Bertz CT molecular complexity index is 163. The first-order valence-corrected chi connectivity index (χ1v) is 5.19. The molecule has 0 radical (unpaired) electrons. The summed E-state index contributed by atoms with van der Waals surface area (Å²) >= 11 is 6.05. The molecule has 78 valence electrons. The van der Waals surface area contributed by atoms with Crippen LogP contribution in [0.25, 0.3) is 0 Å². The Balaban J connectivity index is 3.63. The molecule has 0 rings (SSSR count). The standard InChI is InChI=1S/C10H20ClNO/c1-5-9(13)12-7-8(11)6-10(2,3)4/h8H,5-7H2,1-4H3,(H,12,13). The van der Waals surface area contributed by atoms with Crippen LogP contribution in [0.3, 0.4) is 0 Å². The molecule has 1 N–H and O–H groups in total. The van der Waals surface area contributed by atoms with E-state index in [2.05, 4.69) is 26.1 Å². The Hall–Kier alpha value is -0.240. The van der Waals surface area contributed by atoms with Crippen LogP contribution in [-0.4, -0.2) is 17.8 Å². The Kier molecular flexibility index (Phi) is 5.38. The Morgan fingerprint density at radius 3 is 2.38 bits per heavy atom. The lowest BCUT2D eigenvalue weighted by Gasteiger charge is -2.21. The van der Waals surface area contributed by atoms with Gasteiger partial charge in [0.1, 0.15) is 0 Å². The van der Waals surface area contributed by atoms with Crippen molar-refractivity contribution < 1.29 is 4.79 Å². The molecule has 13 heavy (non-hydrogen) atoms. The smallest absolute Gasteiger partial charge is 0.219 e. The molecule has 1 atom stereocenters. The van der Waals surface area contributed by atoms with Gasteiger partial charge in [-0.3, -0.25) is 4.79 Å². The molecule has 1 unspecified atom stereocenters. The summed E-state index contributed by atoms with van der Waals surface area (Å²) in [4.78, 5) is 10.9. The van der Waals surface area contributed by atoms with Gasteiger partial charge >= 0.3 is 0 Å². The van der Waals surface area contributed by atoms with Gasteiger partial charge in [-0.1, -0.05) is 27.7 Å². The van der Waals surface area contributed by atoms with Crippen molar-refractivity contribution in [2.24, 2.45) is 5.41 Å². The van der Waals surface area contributed by atoms with E-state index in [1.165, 1.54) is 0 Å². The molecule has 0 aromatic heterocycles. The molecule has 0 aliphatic heterocycles. The Morgan fingerprint density at radius 2 is 2.00 bits per heavy atom. The first-order chi connectivity index (χ1) is 5.85. The van der Waals surface area contributed by atoms with Crippen LogP contribution in [0.15, 0.2) is 0 Å². The summed E-state index contributed by atoms with van der Waals surface area (Å²) in [5, 5.41) is 2.82. The van der Waals surface area contributed by atoms with Gasteiger partial charge in [0.2, 0.25) is 5.91 Å². The van der Waals surface area contributed by atoms with Crippen molar-refractivity contribution in [3.8, 4) is 0 Å². The van der Waals surface area contributed by atoms with E-state index < -0.39 is 0 Å². The second kappa shape index (κ2) is 5.48. The lowest BCUT2D eigenvalue weighted by atomic mass is 9.90. The first-order valence-electron chi connectivity index (χ1n) is 4.76. The summed E-state index contributed by atoms with van der Waals surface area (Å²) in [5.41, 5.74) is 0.226. The van der Waals surface area contributed by atoms with Crippen molar-refractivity contribution in [3.63, 3.8) is 0 Å². The second-order valence-electron chi connectivity index (χ2n) is 4.52. The molecule has 2 nitrogen and oxygen atoms in total. The van der Waals surface area contributed by atoms with Crippen LogP contribution in [0.1, 0.15) is 40.5 Å². The maximum Gasteiger partial charge on any atom is 0.219 e. The van der Waals surface area contributed by atoms with E-state index in [-0.39, 0.29) is 16.7 Å². The zero-order chi connectivity index (χ0) is 10.5.